The molecule has 0 bridgehead atoms. The minimum atomic E-state index is -0.351. The molecule has 0 aromatic heterocycles. The van der Waals surface area contributed by atoms with E-state index >= 15 is 0 Å². The van der Waals surface area contributed by atoms with Crippen LogP contribution in [-0.4, -0.2) is 11.6 Å². The molecule has 0 saturated carbocycles. The maximum atomic E-state index is 13.7. The van der Waals surface area contributed by atoms with Crippen LogP contribution in [0.3, 0.4) is 0 Å². The second-order valence-corrected chi connectivity index (χ2v) is 4.81. The molecule has 0 atom stereocenters. The summed E-state index contributed by atoms with van der Waals surface area (Å²) in [5.74, 6) is 0.976. The van der Waals surface area contributed by atoms with Crippen molar-refractivity contribution in [3.05, 3.63) is 59.4 Å². The molecule has 0 aliphatic carbocycles. The van der Waals surface area contributed by atoms with E-state index in [9.17, 15) is 4.39 Å². The SMILES string of the molecule is CCOc1cccc(OCc2cc(C(N)=S)ccc2F)c1. The molecule has 0 amide bonds. The minimum absolute atomic E-state index is 0.0951. The third kappa shape index (κ3) is 4.16. The summed E-state index contributed by atoms with van der Waals surface area (Å²) in [7, 11) is 0. The number of rotatable bonds is 6. The van der Waals surface area contributed by atoms with Crippen molar-refractivity contribution in [2.75, 3.05) is 6.61 Å². The van der Waals surface area contributed by atoms with E-state index in [1.54, 1.807) is 24.3 Å². The molecule has 2 N–H and O–H groups in total. The second kappa shape index (κ2) is 7.04. The van der Waals surface area contributed by atoms with Crippen molar-refractivity contribution >= 4 is 17.2 Å². The van der Waals surface area contributed by atoms with E-state index in [2.05, 4.69) is 0 Å². The van der Waals surface area contributed by atoms with Crippen molar-refractivity contribution in [1.82, 2.24) is 0 Å². The highest BCUT2D eigenvalue weighted by Gasteiger charge is 2.07. The molecule has 0 spiro atoms. The largest absolute Gasteiger partial charge is 0.494 e. The minimum Gasteiger partial charge on any atom is -0.494 e. The summed E-state index contributed by atoms with van der Waals surface area (Å²) >= 11 is 4.89. The Kier molecular flexibility index (Phi) is 5.11. The van der Waals surface area contributed by atoms with Crippen LogP contribution >= 0.6 is 12.2 Å². The number of ether oxygens (including phenoxy) is 2. The summed E-state index contributed by atoms with van der Waals surface area (Å²) < 4.78 is 24.7. The number of hydrogen-bond acceptors (Lipinski definition) is 3. The van der Waals surface area contributed by atoms with Gasteiger partial charge in [-0.3, -0.25) is 0 Å². The van der Waals surface area contributed by atoms with Crippen LogP contribution in [0.4, 0.5) is 4.39 Å². The quantitative estimate of drug-likeness (QED) is 0.830. The molecule has 0 aliphatic rings. The monoisotopic (exact) mass is 305 g/mol. The zero-order chi connectivity index (χ0) is 15.2. The highest BCUT2D eigenvalue weighted by Crippen LogP contribution is 2.21. The zero-order valence-electron chi connectivity index (χ0n) is 11.6. The Balaban J connectivity index is 2.10. The van der Waals surface area contributed by atoms with E-state index in [-0.39, 0.29) is 17.4 Å². The van der Waals surface area contributed by atoms with Crippen molar-refractivity contribution in [2.24, 2.45) is 5.73 Å². The van der Waals surface area contributed by atoms with Gasteiger partial charge >= 0.3 is 0 Å². The van der Waals surface area contributed by atoms with Crippen molar-refractivity contribution in [1.29, 1.82) is 0 Å². The molecule has 110 valence electrons. The number of benzene rings is 2. The van der Waals surface area contributed by atoms with Gasteiger partial charge in [0.1, 0.15) is 28.9 Å². The Hall–Kier alpha value is -2.14. The Labute approximate surface area is 128 Å². The normalized spacial score (nSPS) is 10.2. The number of hydrogen-bond donors (Lipinski definition) is 1. The van der Waals surface area contributed by atoms with E-state index < -0.39 is 0 Å². The Morgan fingerprint density at radius 2 is 1.86 bits per heavy atom. The van der Waals surface area contributed by atoms with Crippen molar-refractivity contribution in [3.63, 3.8) is 0 Å². The third-order valence-electron chi connectivity index (χ3n) is 2.84. The first kappa shape index (κ1) is 15.3. The van der Waals surface area contributed by atoms with Gasteiger partial charge in [-0.25, -0.2) is 4.39 Å². The molecule has 0 radical (unpaired) electrons. The summed E-state index contributed by atoms with van der Waals surface area (Å²) in [6.45, 7) is 2.58. The fourth-order valence-corrected chi connectivity index (χ4v) is 1.95. The molecule has 2 rings (SSSR count). The van der Waals surface area contributed by atoms with Gasteiger partial charge in [0.05, 0.1) is 6.61 Å². The molecule has 5 heteroatoms. The lowest BCUT2D eigenvalue weighted by molar-refractivity contribution is 0.294. The van der Waals surface area contributed by atoms with Gasteiger partial charge in [-0.05, 0) is 37.3 Å². The molecule has 0 saturated heterocycles. The molecule has 2 aromatic rings. The van der Waals surface area contributed by atoms with Gasteiger partial charge in [-0.15, -0.1) is 0 Å². The van der Waals surface area contributed by atoms with E-state index in [1.165, 1.54) is 6.07 Å². The van der Waals surface area contributed by atoms with Gasteiger partial charge in [0.15, 0.2) is 0 Å². The third-order valence-corrected chi connectivity index (χ3v) is 3.08. The second-order valence-electron chi connectivity index (χ2n) is 4.37. The maximum absolute atomic E-state index is 13.7. The van der Waals surface area contributed by atoms with Crippen LogP contribution < -0.4 is 15.2 Å². The summed E-state index contributed by atoms with van der Waals surface area (Å²) in [5.41, 5.74) is 6.57. The average molecular weight is 305 g/mol. The molecular formula is C16H16FNO2S. The molecule has 21 heavy (non-hydrogen) atoms. The van der Waals surface area contributed by atoms with Gasteiger partial charge < -0.3 is 15.2 Å². The fourth-order valence-electron chi connectivity index (χ4n) is 1.82. The smallest absolute Gasteiger partial charge is 0.129 e. The first-order valence-corrected chi connectivity index (χ1v) is 6.95. The predicted molar refractivity (Wildman–Crippen MR) is 84.2 cm³/mol. The lowest BCUT2D eigenvalue weighted by Crippen LogP contribution is -2.10. The molecule has 0 unspecified atom stereocenters. The number of halogens is 1. The van der Waals surface area contributed by atoms with Crippen LogP contribution in [-0.2, 0) is 6.61 Å². The summed E-state index contributed by atoms with van der Waals surface area (Å²) in [6.07, 6.45) is 0. The van der Waals surface area contributed by atoms with Crippen molar-refractivity contribution in [2.45, 2.75) is 13.5 Å². The topological polar surface area (TPSA) is 44.5 Å². The van der Waals surface area contributed by atoms with E-state index in [0.717, 1.165) is 0 Å². The fraction of sp³-hybridized carbons (Fsp3) is 0.188. The zero-order valence-corrected chi connectivity index (χ0v) is 12.5. The first-order chi connectivity index (χ1) is 10.1. The Morgan fingerprint density at radius 1 is 1.14 bits per heavy atom. The highest BCUT2D eigenvalue weighted by atomic mass is 32.1. The van der Waals surface area contributed by atoms with E-state index in [0.29, 0.717) is 29.2 Å². The molecule has 3 nitrogen and oxygen atoms in total. The average Bonchev–Trinajstić information content (AvgIpc) is 2.47. The molecule has 0 fully saturated rings. The van der Waals surface area contributed by atoms with Crippen LogP contribution in [0, 0.1) is 5.82 Å². The first-order valence-electron chi connectivity index (χ1n) is 6.54. The van der Waals surface area contributed by atoms with Crippen LogP contribution in [0.1, 0.15) is 18.1 Å². The van der Waals surface area contributed by atoms with Crippen molar-refractivity contribution < 1.29 is 13.9 Å². The van der Waals surface area contributed by atoms with Crippen LogP contribution in [0.15, 0.2) is 42.5 Å². The van der Waals surface area contributed by atoms with Gasteiger partial charge in [0.25, 0.3) is 0 Å². The van der Waals surface area contributed by atoms with Crippen LogP contribution in [0.25, 0.3) is 0 Å². The van der Waals surface area contributed by atoms with E-state index in [1.807, 2.05) is 19.1 Å². The number of nitrogens with two attached hydrogens (primary N) is 1. The van der Waals surface area contributed by atoms with Gasteiger partial charge in [-0.2, -0.15) is 0 Å². The summed E-state index contributed by atoms with van der Waals surface area (Å²) in [4.78, 5) is 0.231. The Morgan fingerprint density at radius 3 is 2.52 bits per heavy atom. The Bertz CT molecular complexity index is 646. The lowest BCUT2D eigenvalue weighted by Gasteiger charge is -2.10. The van der Waals surface area contributed by atoms with Crippen molar-refractivity contribution in [3.8, 4) is 11.5 Å². The lowest BCUT2D eigenvalue weighted by atomic mass is 10.1. The number of thiocarbonyl (C=S) groups is 1. The summed E-state index contributed by atoms with van der Waals surface area (Å²) in [6, 6.07) is 11.7. The molecule has 0 heterocycles. The molecule has 2 aromatic carbocycles. The standard InChI is InChI=1S/C16H16FNO2S/c1-2-19-13-4-3-5-14(9-13)20-10-12-8-11(16(18)21)6-7-15(12)17/h3-9H,2,10H2,1H3,(H2,18,21). The highest BCUT2D eigenvalue weighted by molar-refractivity contribution is 7.80. The van der Waals surface area contributed by atoms with Crippen LogP contribution in [0.2, 0.25) is 0 Å². The molecule has 0 aliphatic heterocycles. The van der Waals surface area contributed by atoms with Gasteiger partial charge in [-0.1, -0.05) is 18.3 Å². The van der Waals surface area contributed by atoms with Gasteiger partial charge in [0.2, 0.25) is 0 Å². The molecular weight excluding hydrogens is 289 g/mol. The van der Waals surface area contributed by atoms with Crippen LogP contribution in [0.5, 0.6) is 11.5 Å². The van der Waals surface area contributed by atoms with E-state index in [4.69, 9.17) is 27.4 Å². The van der Waals surface area contributed by atoms with Gasteiger partial charge in [0, 0.05) is 17.2 Å². The summed E-state index contributed by atoms with van der Waals surface area (Å²) in [5, 5.41) is 0. The maximum Gasteiger partial charge on any atom is 0.129 e. The predicted octanol–water partition coefficient (Wildman–Crippen LogP) is 3.44.